The van der Waals surface area contributed by atoms with Crippen molar-refractivity contribution >= 4 is 17.5 Å². The zero-order chi connectivity index (χ0) is 10.7. The first kappa shape index (κ1) is 9.97. The molecule has 6 nitrogen and oxygen atoms in total. The van der Waals surface area contributed by atoms with Gasteiger partial charge in [-0.2, -0.15) is 0 Å². The highest BCUT2D eigenvalue weighted by Crippen LogP contribution is 2.18. The zero-order valence-corrected chi connectivity index (χ0v) is 7.44. The fourth-order valence-electron chi connectivity index (χ4n) is 0.935. The highest BCUT2D eigenvalue weighted by molar-refractivity contribution is 6.01. The van der Waals surface area contributed by atoms with E-state index in [2.05, 4.69) is 10.3 Å². The van der Waals surface area contributed by atoms with Crippen LogP contribution in [0.2, 0.25) is 0 Å². The fourth-order valence-corrected chi connectivity index (χ4v) is 0.935. The summed E-state index contributed by atoms with van der Waals surface area (Å²) in [5, 5.41) is 11.4. The van der Waals surface area contributed by atoms with Gasteiger partial charge in [0.25, 0.3) is 5.91 Å². The van der Waals surface area contributed by atoms with E-state index < -0.39 is 5.91 Å². The molecule has 0 fully saturated rings. The summed E-state index contributed by atoms with van der Waals surface area (Å²) in [4.78, 5) is 25.2. The van der Waals surface area contributed by atoms with E-state index in [0.29, 0.717) is 0 Å². The van der Waals surface area contributed by atoms with Gasteiger partial charge in [-0.05, 0) is 0 Å². The molecule has 0 atom stereocenters. The van der Waals surface area contributed by atoms with Gasteiger partial charge in [0.2, 0.25) is 5.91 Å². The number of aromatic hydroxyl groups is 1. The van der Waals surface area contributed by atoms with Crippen LogP contribution in [0.3, 0.4) is 0 Å². The maximum atomic E-state index is 10.8. The molecule has 0 saturated carbocycles. The summed E-state index contributed by atoms with van der Waals surface area (Å²) in [6, 6.07) is 1.20. The SMILES string of the molecule is CC(=O)Nc1cc(O)cnc1C(N)=O. The largest absolute Gasteiger partial charge is 0.506 e. The standard InChI is InChI=1S/C8H9N3O3/c1-4(12)11-6-2-5(13)3-10-7(6)8(9)14/h2-3,13H,1H3,(H2,9,14)(H,11,12). The van der Waals surface area contributed by atoms with Gasteiger partial charge in [-0.25, -0.2) is 4.98 Å². The normalized spacial score (nSPS) is 9.50. The number of anilines is 1. The van der Waals surface area contributed by atoms with Gasteiger partial charge in [0, 0.05) is 13.0 Å². The summed E-state index contributed by atoms with van der Waals surface area (Å²) >= 11 is 0. The molecule has 1 aromatic heterocycles. The van der Waals surface area contributed by atoms with Gasteiger partial charge in [0.1, 0.15) is 5.75 Å². The number of hydrogen-bond donors (Lipinski definition) is 3. The molecule has 0 spiro atoms. The van der Waals surface area contributed by atoms with Crippen LogP contribution in [0.5, 0.6) is 5.75 Å². The van der Waals surface area contributed by atoms with Crippen LogP contribution in [0.1, 0.15) is 17.4 Å². The highest BCUT2D eigenvalue weighted by atomic mass is 16.3. The molecule has 1 heterocycles. The first-order valence-corrected chi connectivity index (χ1v) is 3.77. The summed E-state index contributed by atoms with van der Waals surface area (Å²) in [5.74, 6) is -1.30. The van der Waals surface area contributed by atoms with Crippen molar-refractivity contribution in [1.82, 2.24) is 4.98 Å². The minimum atomic E-state index is -0.770. The molecular weight excluding hydrogens is 186 g/mol. The smallest absolute Gasteiger partial charge is 0.269 e. The first-order chi connectivity index (χ1) is 6.50. The number of rotatable bonds is 2. The molecule has 4 N–H and O–H groups in total. The van der Waals surface area contributed by atoms with Gasteiger partial charge in [-0.15, -0.1) is 0 Å². The third kappa shape index (κ3) is 2.19. The van der Waals surface area contributed by atoms with Crippen molar-refractivity contribution < 1.29 is 14.7 Å². The lowest BCUT2D eigenvalue weighted by Gasteiger charge is -2.05. The number of nitrogens with one attached hydrogen (secondary N) is 1. The number of pyridine rings is 1. The maximum Gasteiger partial charge on any atom is 0.269 e. The lowest BCUT2D eigenvalue weighted by Crippen LogP contribution is -2.17. The Labute approximate surface area is 79.8 Å². The van der Waals surface area contributed by atoms with Crippen LogP contribution in [0.4, 0.5) is 5.69 Å². The van der Waals surface area contributed by atoms with Crippen molar-refractivity contribution in [3.05, 3.63) is 18.0 Å². The van der Waals surface area contributed by atoms with Crippen molar-refractivity contribution in [2.24, 2.45) is 5.73 Å². The Kier molecular flexibility index (Phi) is 2.66. The number of carbonyl (C=O) groups is 2. The van der Waals surface area contributed by atoms with Crippen molar-refractivity contribution in [3.8, 4) is 5.75 Å². The molecule has 0 aliphatic heterocycles. The Morgan fingerprint density at radius 1 is 1.57 bits per heavy atom. The Hall–Kier alpha value is -2.11. The lowest BCUT2D eigenvalue weighted by atomic mass is 10.2. The number of amides is 2. The van der Waals surface area contributed by atoms with E-state index >= 15 is 0 Å². The van der Waals surface area contributed by atoms with E-state index in [4.69, 9.17) is 10.8 Å². The van der Waals surface area contributed by atoms with Crippen LogP contribution in [-0.2, 0) is 4.79 Å². The molecule has 0 unspecified atom stereocenters. The van der Waals surface area contributed by atoms with Gasteiger partial charge in [-0.3, -0.25) is 9.59 Å². The molecule has 14 heavy (non-hydrogen) atoms. The minimum Gasteiger partial charge on any atom is -0.506 e. The predicted molar refractivity (Wildman–Crippen MR) is 48.7 cm³/mol. The van der Waals surface area contributed by atoms with Crippen molar-refractivity contribution in [2.45, 2.75) is 6.92 Å². The van der Waals surface area contributed by atoms with Crippen LogP contribution >= 0.6 is 0 Å². The van der Waals surface area contributed by atoms with Gasteiger partial charge in [0.15, 0.2) is 5.69 Å². The monoisotopic (exact) mass is 195 g/mol. The van der Waals surface area contributed by atoms with E-state index in [1.165, 1.54) is 13.0 Å². The molecule has 1 aromatic rings. The average Bonchev–Trinajstić information content (AvgIpc) is 2.01. The van der Waals surface area contributed by atoms with Crippen LogP contribution in [0, 0.1) is 0 Å². The topological polar surface area (TPSA) is 105 Å². The molecule has 2 amide bonds. The second-order valence-electron chi connectivity index (χ2n) is 2.64. The fraction of sp³-hybridized carbons (Fsp3) is 0.125. The summed E-state index contributed by atoms with van der Waals surface area (Å²) < 4.78 is 0. The summed E-state index contributed by atoms with van der Waals surface area (Å²) in [6.45, 7) is 1.27. The average molecular weight is 195 g/mol. The highest BCUT2D eigenvalue weighted by Gasteiger charge is 2.11. The number of carbonyl (C=O) groups excluding carboxylic acids is 2. The number of aromatic nitrogens is 1. The number of nitrogens with two attached hydrogens (primary N) is 1. The molecule has 1 rings (SSSR count). The molecule has 0 saturated heterocycles. The Balaban J connectivity index is 3.15. The van der Waals surface area contributed by atoms with Gasteiger partial charge < -0.3 is 16.2 Å². The third-order valence-corrected chi connectivity index (χ3v) is 1.42. The molecule has 0 aromatic carbocycles. The molecule has 74 valence electrons. The molecule has 6 heteroatoms. The van der Waals surface area contributed by atoms with Gasteiger partial charge in [-0.1, -0.05) is 0 Å². The Morgan fingerprint density at radius 2 is 2.21 bits per heavy atom. The van der Waals surface area contributed by atoms with Crippen molar-refractivity contribution in [2.75, 3.05) is 5.32 Å². The summed E-state index contributed by atoms with van der Waals surface area (Å²) in [5.41, 5.74) is 5.02. The van der Waals surface area contributed by atoms with E-state index in [0.717, 1.165) is 6.20 Å². The molecule has 0 aliphatic rings. The van der Waals surface area contributed by atoms with E-state index in [9.17, 15) is 9.59 Å². The number of hydrogen-bond acceptors (Lipinski definition) is 4. The van der Waals surface area contributed by atoms with Crippen LogP contribution in [0.15, 0.2) is 12.3 Å². The molecule has 0 bridgehead atoms. The van der Waals surface area contributed by atoms with E-state index in [1.807, 2.05) is 0 Å². The Bertz CT molecular complexity index is 389. The van der Waals surface area contributed by atoms with Crippen LogP contribution in [0.25, 0.3) is 0 Å². The quantitative estimate of drug-likeness (QED) is 0.609. The van der Waals surface area contributed by atoms with Gasteiger partial charge in [0.05, 0.1) is 11.9 Å². The molecular formula is C8H9N3O3. The van der Waals surface area contributed by atoms with Crippen LogP contribution in [-0.4, -0.2) is 21.9 Å². The third-order valence-electron chi connectivity index (χ3n) is 1.42. The second kappa shape index (κ2) is 3.73. The molecule has 0 aliphatic carbocycles. The van der Waals surface area contributed by atoms with Crippen LogP contribution < -0.4 is 11.1 Å². The van der Waals surface area contributed by atoms with Crippen molar-refractivity contribution in [3.63, 3.8) is 0 Å². The van der Waals surface area contributed by atoms with Crippen molar-refractivity contribution in [1.29, 1.82) is 0 Å². The lowest BCUT2D eigenvalue weighted by molar-refractivity contribution is -0.114. The molecule has 0 radical (unpaired) electrons. The maximum absolute atomic E-state index is 10.8. The predicted octanol–water partition coefficient (Wildman–Crippen LogP) is -0.156. The summed E-state index contributed by atoms with van der Waals surface area (Å²) in [6.07, 6.45) is 1.07. The minimum absolute atomic E-state index is 0.0852. The van der Waals surface area contributed by atoms with E-state index in [-0.39, 0.29) is 23.0 Å². The number of primary amides is 1. The second-order valence-corrected chi connectivity index (χ2v) is 2.64. The first-order valence-electron chi connectivity index (χ1n) is 3.77. The Morgan fingerprint density at radius 3 is 2.71 bits per heavy atom. The summed E-state index contributed by atoms with van der Waals surface area (Å²) in [7, 11) is 0. The van der Waals surface area contributed by atoms with Gasteiger partial charge >= 0.3 is 0 Å². The number of nitrogens with zero attached hydrogens (tertiary/aromatic N) is 1. The van der Waals surface area contributed by atoms with E-state index in [1.54, 1.807) is 0 Å². The zero-order valence-electron chi connectivity index (χ0n) is 7.44.